The van der Waals surface area contributed by atoms with Gasteiger partial charge in [-0.1, -0.05) is 18.2 Å². The number of fused-ring (bicyclic) bond motifs is 2. The number of benzene rings is 2. The highest BCUT2D eigenvalue weighted by Gasteiger charge is 2.53. The molecule has 7 heteroatoms. The van der Waals surface area contributed by atoms with Crippen molar-refractivity contribution in [1.29, 1.82) is 0 Å². The average Bonchev–Trinajstić information content (AvgIpc) is 3.11. The van der Waals surface area contributed by atoms with Crippen LogP contribution in [0.5, 0.6) is 0 Å². The molecular formula is C21H16FNO5. The number of rotatable bonds is 2. The zero-order valence-electron chi connectivity index (χ0n) is 14.8. The zero-order chi connectivity index (χ0) is 19.4. The molecule has 3 atom stereocenters. The van der Waals surface area contributed by atoms with Gasteiger partial charge in [-0.3, -0.25) is 9.59 Å². The molecule has 0 saturated carbocycles. The van der Waals surface area contributed by atoms with Crippen molar-refractivity contribution in [2.45, 2.75) is 25.0 Å². The van der Waals surface area contributed by atoms with E-state index < -0.39 is 35.9 Å². The summed E-state index contributed by atoms with van der Waals surface area (Å²) in [4.78, 5) is 39.6. The molecule has 3 aliphatic heterocycles. The largest absolute Gasteiger partial charge is 0.457 e. The van der Waals surface area contributed by atoms with Crippen LogP contribution in [0.4, 0.5) is 10.1 Å². The van der Waals surface area contributed by atoms with Crippen LogP contribution in [0.3, 0.4) is 0 Å². The molecule has 0 N–H and O–H groups in total. The number of carbonyl (C=O) groups excluding carboxylic acids is 3. The SMILES string of the molecule is O=C1CC(OC(=O)c2ccc(F)cc2)C2C(=O)N3CCc4cccc(c43)C2O1. The third kappa shape index (κ3) is 2.50. The second-order valence-electron chi connectivity index (χ2n) is 7.19. The Kier molecular flexibility index (Phi) is 3.72. The van der Waals surface area contributed by atoms with Gasteiger partial charge < -0.3 is 14.4 Å². The molecule has 3 heterocycles. The molecule has 1 fully saturated rings. The van der Waals surface area contributed by atoms with E-state index in [0.29, 0.717) is 6.54 Å². The second kappa shape index (κ2) is 6.15. The van der Waals surface area contributed by atoms with E-state index in [4.69, 9.17) is 9.47 Å². The third-order valence-corrected chi connectivity index (χ3v) is 5.57. The Morgan fingerprint density at radius 1 is 1.14 bits per heavy atom. The van der Waals surface area contributed by atoms with Crippen molar-refractivity contribution in [2.75, 3.05) is 11.4 Å². The molecule has 1 amide bonds. The summed E-state index contributed by atoms with van der Waals surface area (Å²) in [5.41, 5.74) is 2.79. The lowest BCUT2D eigenvalue weighted by Crippen LogP contribution is -2.52. The summed E-state index contributed by atoms with van der Waals surface area (Å²) in [7, 11) is 0. The summed E-state index contributed by atoms with van der Waals surface area (Å²) in [6.45, 7) is 0.557. The molecule has 0 spiro atoms. The number of hydrogen-bond acceptors (Lipinski definition) is 5. The fourth-order valence-corrected chi connectivity index (χ4v) is 4.32. The summed E-state index contributed by atoms with van der Waals surface area (Å²) in [5, 5.41) is 0. The molecule has 5 rings (SSSR count). The third-order valence-electron chi connectivity index (χ3n) is 5.57. The van der Waals surface area contributed by atoms with Crippen molar-refractivity contribution < 1.29 is 28.2 Å². The van der Waals surface area contributed by atoms with Gasteiger partial charge in [-0.05, 0) is 36.2 Å². The first kappa shape index (κ1) is 16.9. The molecule has 2 aromatic rings. The van der Waals surface area contributed by atoms with E-state index in [1.807, 2.05) is 18.2 Å². The van der Waals surface area contributed by atoms with E-state index in [1.54, 1.807) is 4.90 Å². The first-order valence-electron chi connectivity index (χ1n) is 9.12. The Balaban J connectivity index is 1.49. The minimum absolute atomic E-state index is 0.156. The summed E-state index contributed by atoms with van der Waals surface area (Å²) >= 11 is 0. The highest BCUT2D eigenvalue weighted by molar-refractivity contribution is 6.02. The molecule has 3 unspecified atom stereocenters. The van der Waals surface area contributed by atoms with Gasteiger partial charge in [-0.15, -0.1) is 0 Å². The summed E-state index contributed by atoms with van der Waals surface area (Å²) in [6.07, 6.45) is -1.16. The van der Waals surface area contributed by atoms with E-state index in [0.717, 1.165) is 35.4 Å². The van der Waals surface area contributed by atoms with E-state index >= 15 is 0 Å². The van der Waals surface area contributed by atoms with Gasteiger partial charge in [0.05, 0.1) is 17.7 Å². The molecule has 3 aliphatic rings. The lowest BCUT2D eigenvalue weighted by Gasteiger charge is -2.42. The normalized spacial score (nSPS) is 25.0. The molecule has 0 radical (unpaired) electrons. The minimum Gasteiger partial charge on any atom is -0.457 e. The van der Waals surface area contributed by atoms with Crippen molar-refractivity contribution in [2.24, 2.45) is 5.92 Å². The average molecular weight is 381 g/mol. The summed E-state index contributed by atoms with van der Waals surface area (Å²) in [6, 6.07) is 10.6. The lowest BCUT2D eigenvalue weighted by atomic mass is 9.81. The number of ether oxygens (including phenoxy) is 2. The van der Waals surface area contributed by atoms with Gasteiger partial charge >= 0.3 is 11.9 Å². The fraction of sp³-hybridized carbons (Fsp3) is 0.286. The van der Waals surface area contributed by atoms with Gasteiger partial charge in [0.15, 0.2) is 0 Å². The molecule has 0 aliphatic carbocycles. The Morgan fingerprint density at radius 2 is 1.93 bits per heavy atom. The van der Waals surface area contributed by atoms with Crippen molar-refractivity contribution >= 4 is 23.5 Å². The van der Waals surface area contributed by atoms with Crippen LogP contribution in [-0.4, -0.2) is 30.5 Å². The maximum absolute atomic E-state index is 13.2. The maximum Gasteiger partial charge on any atom is 0.338 e. The van der Waals surface area contributed by atoms with E-state index in [1.165, 1.54) is 12.1 Å². The number of esters is 2. The van der Waals surface area contributed by atoms with Crippen LogP contribution in [0, 0.1) is 11.7 Å². The number of halogens is 1. The summed E-state index contributed by atoms with van der Waals surface area (Å²) in [5.74, 6) is -2.68. The fourth-order valence-electron chi connectivity index (χ4n) is 4.32. The van der Waals surface area contributed by atoms with E-state index in [-0.39, 0.29) is 17.9 Å². The van der Waals surface area contributed by atoms with Crippen molar-refractivity contribution in [1.82, 2.24) is 0 Å². The van der Waals surface area contributed by atoms with Crippen molar-refractivity contribution in [3.8, 4) is 0 Å². The molecular weight excluding hydrogens is 365 g/mol. The standard InChI is InChI=1S/C21H16FNO5/c22-13-6-4-12(5-7-13)21(26)27-15-10-16(24)28-19-14-3-1-2-11-8-9-23(18(11)14)20(25)17(15)19/h1-7,15,17,19H,8-10H2. The molecule has 1 saturated heterocycles. The highest BCUT2D eigenvalue weighted by atomic mass is 19.1. The molecule has 0 bridgehead atoms. The Morgan fingerprint density at radius 3 is 2.71 bits per heavy atom. The zero-order valence-corrected chi connectivity index (χ0v) is 14.8. The van der Waals surface area contributed by atoms with Gasteiger partial charge in [0.1, 0.15) is 23.9 Å². The van der Waals surface area contributed by atoms with Crippen LogP contribution in [-0.2, 0) is 25.5 Å². The van der Waals surface area contributed by atoms with Crippen LogP contribution in [0.15, 0.2) is 42.5 Å². The lowest BCUT2D eigenvalue weighted by molar-refractivity contribution is -0.172. The molecule has 2 aromatic carbocycles. The van der Waals surface area contributed by atoms with Crippen LogP contribution in [0.25, 0.3) is 0 Å². The monoisotopic (exact) mass is 381 g/mol. The highest BCUT2D eigenvalue weighted by Crippen LogP contribution is 2.48. The van der Waals surface area contributed by atoms with Gasteiger partial charge in [0.2, 0.25) is 5.91 Å². The Labute approximate surface area is 159 Å². The number of para-hydroxylation sites is 1. The molecule has 6 nitrogen and oxygen atoms in total. The number of carbonyl (C=O) groups is 3. The van der Waals surface area contributed by atoms with Crippen LogP contribution in [0.2, 0.25) is 0 Å². The second-order valence-corrected chi connectivity index (χ2v) is 7.19. The first-order chi connectivity index (χ1) is 13.5. The van der Waals surface area contributed by atoms with Gasteiger partial charge in [-0.2, -0.15) is 0 Å². The quantitative estimate of drug-likeness (QED) is 0.748. The van der Waals surface area contributed by atoms with Crippen molar-refractivity contribution in [3.63, 3.8) is 0 Å². The van der Waals surface area contributed by atoms with Gasteiger partial charge in [0, 0.05) is 12.1 Å². The Bertz CT molecular complexity index is 1000. The maximum atomic E-state index is 13.2. The number of hydrogen-bond donors (Lipinski definition) is 0. The van der Waals surface area contributed by atoms with Crippen LogP contribution < -0.4 is 4.90 Å². The van der Waals surface area contributed by atoms with E-state index in [2.05, 4.69) is 0 Å². The number of amides is 1. The predicted molar refractivity (Wildman–Crippen MR) is 95.0 cm³/mol. The minimum atomic E-state index is -0.936. The molecule has 28 heavy (non-hydrogen) atoms. The molecule has 0 aromatic heterocycles. The van der Waals surface area contributed by atoms with Crippen molar-refractivity contribution in [3.05, 3.63) is 65.0 Å². The predicted octanol–water partition coefficient (Wildman–Crippen LogP) is 2.56. The number of anilines is 1. The first-order valence-corrected chi connectivity index (χ1v) is 9.12. The summed E-state index contributed by atoms with van der Waals surface area (Å²) < 4.78 is 24.2. The smallest absolute Gasteiger partial charge is 0.338 e. The molecule has 142 valence electrons. The van der Waals surface area contributed by atoms with Gasteiger partial charge in [0.25, 0.3) is 0 Å². The topological polar surface area (TPSA) is 72.9 Å². The number of nitrogens with zero attached hydrogens (tertiary/aromatic N) is 1. The van der Waals surface area contributed by atoms with Crippen LogP contribution >= 0.6 is 0 Å². The Hall–Kier alpha value is -3.22. The van der Waals surface area contributed by atoms with Gasteiger partial charge in [-0.25, -0.2) is 9.18 Å². The van der Waals surface area contributed by atoms with Crippen LogP contribution in [0.1, 0.15) is 34.0 Å². The van der Waals surface area contributed by atoms with E-state index in [9.17, 15) is 18.8 Å².